The molecule has 0 fully saturated rings. The van der Waals surface area contributed by atoms with Crippen LogP contribution in [-0.2, 0) is 9.47 Å². The first kappa shape index (κ1) is 16.5. The van der Waals surface area contributed by atoms with Crippen molar-refractivity contribution in [2.75, 3.05) is 38.3 Å². The van der Waals surface area contributed by atoms with Crippen molar-refractivity contribution in [1.82, 2.24) is 0 Å². The second kappa shape index (κ2) is 9.39. The summed E-state index contributed by atoms with van der Waals surface area (Å²) >= 11 is 11.9. The normalized spacial score (nSPS) is 12.4. The number of ether oxygens (including phenoxy) is 2. The van der Waals surface area contributed by atoms with Gasteiger partial charge in [-0.1, -0.05) is 29.3 Å². The Morgan fingerprint density at radius 1 is 1.26 bits per heavy atom. The van der Waals surface area contributed by atoms with Crippen LogP contribution < -0.4 is 5.32 Å². The molecule has 0 saturated heterocycles. The third-order valence-corrected chi connectivity index (χ3v) is 3.19. The van der Waals surface area contributed by atoms with Gasteiger partial charge in [-0.2, -0.15) is 0 Å². The molecule has 0 aliphatic rings. The lowest BCUT2D eigenvalue weighted by Crippen LogP contribution is -2.25. The first-order valence-corrected chi connectivity index (χ1v) is 6.92. The number of nitrogens with one attached hydrogen (secondary N) is 1. The smallest absolute Gasteiger partial charge is 0.0945 e. The molecule has 1 aromatic carbocycles. The van der Waals surface area contributed by atoms with Gasteiger partial charge in [-0.05, 0) is 19.1 Å². The van der Waals surface area contributed by atoms with E-state index in [1.165, 1.54) is 0 Å². The molecule has 19 heavy (non-hydrogen) atoms. The molecular weight excluding hydrogens is 289 g/mol. The quantitative estimate of drug-likeness (QED) is 0.689. The molecule has 1 rings (SSSR count). The predicted octanol–water partition coefficient (Wildman–Crippen LogP) is 2.82. The number of rotatable bonds is 9. The lowest BCUT2D eigenvalue weighted by Gasteiger charge is -2.14. The summed E-state index contributed by atoms with van der Waals surface area (Å²) in [7, 11) is 0. The van der Waals surface area contributed by atoms with Crippen LogP contribution in [0, 0.1) is 0 Å². The molecule has 4 nitrogen and oxygen atoms in total. The molecule has 0 spiro atoms. The molecule has 1 aromatic rings. The lowest BCUT2D eigenvalue weighted by atomic mass is 10.3. The van der Waals surface area contributed by atoms with Gasteiger partial charge in [-0.15, -0.1) is 0 Å². The molecule has 0 heterocycles. The number of aliphatic hydroxyl groups excluding tert-OH is 1. The Kier molecular flexibility index (Phi) is 8.18. The maximum absolute atomic E-state index is 9.72. The average Bonchev–Trinajstić information content (AvgIpc) is 2.40. The fourth-order valence-corrected chi connectivity index (χ4v) is 1.78. The van der Waals surface area contributed by atoms with Crippen LogP contribution in [0.4, 0.5) is 5.69 Å². The average molecular weight is 308 g/mol. The molecule has 0 aliphatic heterocycles. The van der Waals surface area contributed by atoms with Gasteiger partial charge in [0, 0.05) is 13.2 Å². The van der Waals surface area contributed by atoms with Crippen LogP contribution in [0.2, 0.25) is 10.0 Å². The molecule has 0 amide bonds. The van der Waals surface area contributed by atoms with Crippen LogP contribution >= 0.6 is 23.2 Å². The molecule has 108 valence electrons. The number of hydrogen-bond donors (Lipinski definition) is 2. The summed E-state index contributed by atoms with van der Waals surface area (Å²) in [6.07, 6.45) is -0.614. The molecule has 1 atom stereocenters. The summed E-state index contributed by atoms with van der Waals surface area (Å²) in [5.74, 6) is 0. The lowest BCUT2D eigenvalue weighted by molar-refractivity contribution is 0.0103. The zero-order chi connectivity index (χ0) is 14.1. The topological polar surface area (TPSA) is 50.7 Å². The Morgan fingerprint density at radius 3 is 2.74 bits per heavy atom. The van der Waals surface area contributed by atoms with Crippen molar-refractivity contribution in [3.63, 3.8) is 0 Å². The van der Waals surface area contributed by atoms with E-state index in [1.807, 2.05) is 6.92 Å². The fourth-order valence-electron chi connectivity index (χ4n) is 1.41. The van der Waals surface area contributed by atoms with E-state index in [0.29, 0.717) is 42.1 Å². The van der Waals surface area contributed by atoms with E-state index in [9.17, 15) is 5.11 Å². The zero-order valence-corrected chi connectivity index (χ0v) is 12.4. The maximum Gasteiger partial charge on any atom is 0.0945 e. The monoisotopic (exact) mass is 307 g/mol. The second-order valence-corrected chi connectivity index (χ2v) is 4.69. The van der Waals surface area contributed by atoms with Gasteiger partial charge < -0.3 is 19.9 Å². The van der Waals surface area contributed by atoms with E-state index < -0.39 is 6.10 Å². The molecule has 0 radical (unpaired) electrons. The minimum absolute atomic E-state index is 0.248. The largest absolute Gasteiger partial charge is 0.389 e. The number of benzene rings is 1. The third-order valence-electron chi connectivity index (χ3n) is 2.37. The van der Waals surface area contributed by atoms with Crippen LogP contribution in [0.1, 0.15) is 6.92 Å². The SMILES string of the molecule is CCOCCOCC(O)CNc1cccc(Cl)c1Cl. The molecule has 1 unspecified atom stereocenters. The van der Waals surface area contributed by atoms with E-state index in [4.69, 9.17) is 32.7 Å². The standard InChI is InChI=1S/C13H19Cl2NO3/c1-2-18-6-7-19-9-10(17)8-16-12-5-3-4-11(14)13(12)15/h3-5,10,16-17H,2,6-9H2,1H3. The van der Waals surface area contributed by atoms with Gasteiger partial charge in [0.1, 0.15) is 0 Å². The highest BCUT2D eigenvalue weighted by Crippen LogP contribution is 2.29. The Labute approximate surface area is 123 Å². The second-order valence-electron chi connectivity index (χ2n) is 3.91. The van der Waals surface area contributed by atoms with Crippen molar-refractivity contribution < 1.29 is 14.6 Å². The van der Waals surface area contributed by atoms with E-state index in [0.717, 1.165) is 0 Å². The molecule has 6 heteroatoms. The van der Waals surface area contributed by atoms with Crippen molar-refractivity contribution >= 4 is 28.9 Å². The summed E-state index contributed by atoms with van der Waals surface area (Å²) in [5, 5.41) is 13.7. The van der Waals surface area contributed by atoms with Crippen molar-refractivity contribution in [3.05, 3.63) is 28.2 Å². The van der Waals surface area contributed by atoms with E-state index >= 15 is 0 Å². The minimum Gasteiger partial charge on any atom is -0.389 e. The molecular formula is C13H19Cl2NO3. The van der Waals surface area contributed by atoms with Gasteiger partial charge >= 0.3 is 0 Å². The van der Waals surface area contributed by atoms with Gasteiger partial charge in [0.25, 0.3) is 0 Å². The van der Waals surface area contributed by atoms with Gasteiger partial charge in [-0.25, -0.2) is 0 Å². The Hall–Kier alpha value is -0.520. The predicted molar refractivity (Wildman–Crippen MR) is 78.3 cm³/mol. The highest BCUT2D eigenvalue weighted by atomic mass is 35.5. The Bertz CT molecular complexity index is 377. The fraction of sp³-hybridized carbons (Fsp3) is 0.538. The van der Waals surface area contributed by atoms with Gasteiger partial charge in [0.05, 0.1) is 41.7 Å². The summed E-state index contributed by atoms with van der Waals surface area (Å²) < 4.78 is 10.4. The molecule has 0 aromatic heterocycles. The summed E-state index contributed by atoms with van der Waals surface area (Å²) in [6.45, 7) is 4.20. The van der Waals surface area contributed by atoms with Crippen LogP contribution in [-0.4, -0.2) is 44.2 Å². The number of hydrogen-bond acceptors (Lipinski definition) is 4. The maximum atomic E-state index is 9.72. The zero-order valence-electron chi connectivity index (χ0n) is 10.9. The number of aliphatic hydroxyl groups is 1. The Morgan fingerprint density at radius 2 is 2.00 bits per heavy atom. The molecule has 0 saturated carbocycles. The van der Waals surface area contributed by atoms with E-state index in [1.54, 1.807) is 18.2 Å². The highest BCUT2D eigenvalue weighted by Gasteiger charge is 2.07. The van der Waals surface area contributed by atoms with Crippen LogP contribution in [0.5, 0.6) is 0 Å². The van der Waals surface area contributed by atoms with E-state index in [2.05, 4.69) is 5.32 Å². The minimum atomic E-state index is -0.614. The van der Waals surface area contributed by atoms with Crippen molar-refractivity contribution in [3.8, 4) is 0 Å². The number of halogens is 2. The Balaban J connectivity index is 2.22. The summed E-state index contributed by atoms with van der Waals surface area (Å²) in [4.78, 5) is 0. The van der Waals surface area contributed by atoms with Crippen LogP contribution in [0.25, 0.3) is 0 Å². The molecule has 0 bridgehead atoms. The third kappa shape index (κ3) is 6.45. The first-order valence-electron chi connectivity index (χ1n) is 6.16. The summed E-state index contributed by atoms with van der Waals surface area (Å²) in [6, 6.07) is 5.31. The van der Waals surface area contributed by atoms with Gasteiger partial charge in [-0.3, -0.25) is 0 Å². The first-order chi connectivity index (χ1) is 9.15. The van der Waals surface area contributed by atoms with Crippen LogP contribution in [0.15, 0.2) is 18.2 Å². The summed E-state index contributed by atoms with van der Waals surface area (Å²) in [5.41, 5.74) is 0.697. The van der Waals surface area contributed by atoms with Crippen molar-refractivity contribution in [2.24, 2.45) is 0 Å². The van der Waals surface area contributed by atoms with Crippen molar-refractivity contribution in [1.29, 1.82) is 0 Å². The van der Waals surface area contributed by atoms with Gasteiger partial charge in [0.15, 0.2) is 0 Å². The molecule has 0 aliphatic carbocycles. The van der Waals surface area contributed by atoms with Crippen molar-refractivity contribution in [2.45, 2.75) is 13.0 Å². The number of anilines is 1. The molecule has 2 N–H and O–H groups in total. The van der Waals surface area contributed by atoms with Gasteiger partial charge in [0.2, 0.25) is 0 Å². The van der Waals surface area contributed by atoms with Crippen LogP contribution in [0.3, 0.4) is 0 Å². The highest BCUT2D eigenvalue weighted by molar-refractivity contribution is 6.43. The van der Waals surface area contributed by atoms with E-state index in [-0.39, 0.29) is 6.61 Å².